The number of rotatable bonds is 7. The zero-order valence-corrected chi connectivity index (χ0v) is 23.7. The van der Waals surface area contributed by atoms with Gasteiger partial charge >= 0.3 is 0 Å². The van der Waals surface area contributed by atoms with E-state index in [0.717, 1.165) is 24.1 Å². The van der Waals surface area contributed by atoms with Gasteiger partial charge in [0.25, 0.3) is 0 Å². The van der Waals surface area contributed by atoms with Gasteiger partial charge in [-0.05, 0) is 23.8 Å². The molecule has 15 heteroatoms. The smallest absolute Gasteiger partial charge is 0.231 e. The molecule has 183 valence electrons. The van der Waals surface area contributed by atoms with E-state index in [1.807, 2.05) is 6.07 Å². The Bertz CT molecular complexity index is 1110. The van der Waals surface area contributed by atoms with Crippen LogP contribution in [-0.4, -0.2) is 103 Å². The Hall–Kier alpha value is -1.62. The second-order valence-corrected chi connectivity index (χ2v) is 9.30. The Morgan fingerprint density at radius 3 is 2.46 bits per heavy atom. The fourth-order valence-corrected chi connectivity index (χ4v) is 4.42. The molecule has 2 aliphatic heterocycles. The topological polar surface area (TPSA) is 54.0 Å². The van der Waals surface area contributed by atoms with Crippen LogP contribution >= 0.6 is 0 Å². The third-order valence-corrected chi connectivity index (χ3v) is 6.59. The molecule has 0 saturated carbocycles. The average molecular weight is 605 g/mol. The number of fused-ring (bicyclic) bond motifs is 2. The maximum absolute atomic E-state index is 13.6. The monoisotopic (exact) mass is 606 g/mol. The lowest BCUT2D eigenvalue weighted by atomic mass is 8.76. The van der Waals surface area contributed by atoms with E-state index in [-0.39, 0.29) is 61.2 Å². The third kappa shape index (κ3) is 7.08. The summed E-state index contributed by atoms with van der Waals surface area (Å²) in [6.45, 7) is 1.03. The van der Waals surface area contributed by atoms with E-state index in [1.165, 1.54) is 32.4 Å². The number of hydrogen-bond acceptors (Lipinski definition) is 5. The molecule has 1 unspecified atom stereocenters. The zero-order valence-electron chi connectivity index (χ0n) is 21.5. The van der Waals surface area contributed by atoms with Crippen molar-refractivity contribution >= 4 is 56.6 Å². The molecule has 0 N–H and O–H groups in total. The quantitative estimate of drug-likeness (QED) is 0.156. The van der Waals surface area contributed by atoms with Crippen molar-refractivity contribution in [1.29, 1.82) is 0 Å². The molecule has 0 aliphatic carbocycles. The number of quaternary nitrogens is 1. The predicted molar refractivity (Wildman–Crippen MR) is 145 cm³/mol. The molecule has 6 nitrogen and oxygen atoms in total. The third-order valence-electron chi connectivity index (χ3n) is 6.59. The van der Waals surface area contributed by atoms with Crippen molar-refractivity contribution in [1.82, 2.24) is 0 Å². The van der Waals surface area contributed by atoms with Gasteiger partial charge in [0.15, 0.2) is 17.3 Å². The highest BCUT2D eigenvalue weighted by Gasteiger charge is 2.42. The molecule has 0 bridgehead atoms. The second kappa shape index (κ2) is 13.4. The Kier molecular flexibility index (Phi) is 11.5. The molecule has 0 saturated heterocycles. The van der Waals surface area contributed by atoms with Crippen LogP contribution in [0.3, 0.4) is 0 Å². The van der Waals surface area contributed by atoms with Crippen molar-refractivity contribution in [2.45, 2.75) is 18.9 Å². The highest BCUT2D eigenvalue weighted by Crippen LogP contribution is 2.51. The Balaban J connectivity index is 0.000000532. The summed E-state index contributed by atoms with van der Waals surface area (Å²) in [5, 5.41) is 0. The maximum atomic E-state index is 13.6. The van der Waals surface area contributed by atoms with Crippen LogP contribution in [0, 0.1) is 5.82 Å². The average Bonchev–Trinajstić information content (AvgIpc) is 3.32. The summed E-state index contributed by atoms with van der Waals surface area (Å²) in [6, 6.07) is 5.85. The number of benzene rings is 2. The van der Waals surface area contributed by atoms with Gasteiger partial charge in [0, 0.05) is 63.3 Å². The van der Waals surface area contributed by atoms with E-state index in [0.29, 0.717) is 27.3 Å². The molecule has 9 radical (unpaired) electrons. The van der Waals surface area contributed by atoms with E-state index in [9.17, 15) is 9.18 Å². The normalized spacial score (nSPS) is 16.2. The van der Waals surface area contributed by atoms with Crippen LogP contribution < -0.4 is 42.9 Å². The number of hydrogen-bond donors (Lipinski definition) is 0. The van der Waals surface area contributed by atoms with Gasteiger partial charge in [-0.15, -0.1) is 0 Å². The summed E-state index contributed by atoms with van der Waals surface area (Å²) >= 11 is 0. The zero-order chi connectivity index (χ0) is 26.6. The van der Waals surface area contributed by atoms with E-state index in [4.69, 9.17) is 49.9 Å². The molecule has 2 aromatic rings. The number of likely N-dealkylation sites (N-methyl/N-ethyl adjacent to an activating group) is 1. The maximum Gasteiger partial charge on any atom is 0.231 e. The van der Waals surface area contributed by atoms with Gasteiger partial charge < -0.3 is 47.4 Å². The van der Waals surface area contributed by atoms with Crippen LogP contribution in [0.15, 0.2) is 24.3 Å². The van der Waals surface area contributed by atoms with Gasteiger partial charge in [0.2, 0.25) is 12.5 Å². The van der Waals surface area contributed by atoms with Gasteiger partial charge in [-0.3, -0.25) is 4.79 Å². The molecule has 2 heterocycles. The van der Waals surface area contributed by atoms with Crippen LogP contribution in [0.4, 0.5) is 4.39 Å². The number of methoxy groups -OCH3 is 2. The van der Waals surface area contributed by atoms with Crippen molar-refractivity contribution in [3.8, 4) is 23.0 Å². The molecular formula is C22H25B7FINO5. The standard InChI is InChI=1S/C22H25FNO5.B7.HI/c1-24(2)8-7-13-9-19-21(29-12-28-19)22(27-4)20(13)16(24)11-17(25)15-6-5-14(23)10-18(15)26-3;1-5-7(4)6(2)3;/h5-6,9-10,16H,7-8,11-12H2,1-4H3;;1H/q+1;;/p-1. The minimum Gasteiger partial charge on any atom is -1.00 e. The highest BCUT2D eigenvalue weighted by atomic mass is 127. The van der Waals surface area contributed by atoms with E-state index >= 15 is 0 Å². The minimum absolute atomic E-state index is 0. The van der Waals surface area contributed by atoms with Crippen LogP contribution in [0.5, 0.6) is 23.0 Å². The fourth-order valence-electron chi connectivity index (χ4n) is 4.42. The largest absolute Gasteiger partial charge is 1.00 e. The summed E-state index contributed by atoms with van der Waals surface area (Å²) in [6.07, 6.45) is 0.155. The van der Waals surface area contributed by atoms with Gasteiger partial charge in [0.05, 0.1) is 52.4 Å². The van der Waals surface area contributed by atoms with Crippen LogP contribution in [0.25, 0.3) is 0 Å². The predicted octanol–water partition coefficient (Wildman–Crippen LogP) is -2.14. The Morgan fingerprint density at radius 2 is 1.89 bits per heavy atom. The van der Waals surface area contributed by atoms with Crippen molar-refractivity contribution in [2.24, 2.45) is 0 Å². The number of nitrogens with zero attached hydrogens (tertiary/aromatic N) is 1. The molecule has 0 fully saturated rings. The first kappa shape index (κ1) is 31.6. The fraction of sp³-hybridized carbons (Fsp3) is 0.409. The molecule has 0 aromatic heterocycles. The first-order valence-electron chi connectivity index (χ1n) is 11.5. The van der Waals surface area contributed by atoms with Crippen molar-refractivity contribution in [3.05, 3.63) is 46.8 Å². The van der Waals surface area contributed by atoms with E-state index in [1.54, 1.807) is 7.11 Å². The molecule has 2 aliphatic rings. The summed E-state index contributed by atoms with van der Waals surface area (Å²) in [5.74, 6) is 1.60. The lowest BCUT2D eigenvalue weighted by Crippen LogP contribution is -3.00. The summed E-state index contributed by atoms with van der Waals surface area (Å²) in [4.78, 5) is 13.2. The Labute approximate surface area is 242 Å². The van der Waals surface area contributed by atoms with Crippen molar-refractivity contribution in [2.75, 3.05) is 41.7 Å². The van der Waals surface area contributed by atoms with Crippen molar-refractivity contribution < 1.29 is 56.6 Å². The molecule has 0 amide bonds. The minimum atomic E-state index is -0.537. The molecule has 4 rings (SSSR count). The summed E-state index contributed by atoms with van der Waals surface area (Å²) in [5.41, 5.74) is 2.45. The van der Waals surface area contributed by atoms with Crippen LogP contribution in [0.2, 0.25) is 0 Å². The summed E-state index contributed by atoms with van der Waals surface area (Å²) in [7, 11) is 28.8. The van der Waals surface area contributed by atoms with E-state index < -0.39 is 12.2 Å². The van der Waals surface area contributed by atoms with Gasteiger partial charge in [-0.1, -0.05) is 0 Å². The summed E-state index contributed by atoms with van der Waals surface area (Å²) < 4.78 is 36.4. The van der Waals surface area contributed by atoms with Crippen LogP contribution in [0.1, 0.15) is 33.9 Å². The molecular weight excluding hydrogens is 580 g/mol. The van der Waals surface area contributed by atoms with Gasteiger partial charge in [0.1, 0.15) is 17.6 Å². The number of halogens is 2. The molecule has 2 aromatic carbocycles. The number of ketones is 1. The molecule has 1 atom stereocenters. The Morgan fingerprint density at radius 1 is 1.19 bits per heavy atom. The first-order chi connectivity index (χ1) is 17.0. The molecule has 0 spiro atoms. The van der Waals surface area contributed by atoms with E-state index in [2.05, 4.69) is 14.1 Å². The second-order valence-electron chi connectivity index (χ2n) is 9.30. The highest BCUT2D eigenvalue weighted by molar-refractivity contribution is 7.81. The number of Topliss-reactive ketones (excluding diaryl/α,β-unsaturated/α-hetero) is 1. The SMILES string of the molecule is COc1cc(F)ccc1C(=O)CC1c2c(cc3c(c2OC)OCO3)CC[N+]1(C)C.[B][B]B([B])B([B])[B].[I-]. The lowest BCUT2D eigenvalue weighted by Gasteiger charge is -2.43. The lowest BCUT2D eigenvalue weighted by molar-refractivity contribution is -0.922. The number of ether oxygens (including phenoxy) is 4. The van der Waals surface area contributed by atoms with Gasteiger partial charge in [-0.25, -0.2) is 4.39 Å². The number of carbonyl (C=O) groups is 1. The number of carbonyl (C=O) groups excluding carboxylic acids is 1. The van der Waals surface area contributed by atoms with Crippen molar-refractivity contribution in [3.63, 3.8) is 0 Å². The first-order valence-corrected chi connectivity index (χ1v) is 11.5. The van der Waals surface area contributed by atoms with Gasteiger partial charge in [-0.2, -0.15) is 0 Å². The van der Waals surface area contributed by atoms with Crippen LogP contribution in [-0.2, 0) is 6.42 Å². The molecule has 37 heavy (non-hydrogen) atoms.